The molecule has 33 heavy (non-hydrogen) atoms. The zero-order chi connectivity index (χ0) is 23.5. The number of carbonyl (C=O) groups is 3. The van der Waals surface area contributed by atoms with E-state index in [1.165, 1.54) is 6.92 Å². The van der Waals surface area contributed by atoms with Crippen molar-refractivity contribution in [2.45, 2.75) is 18.9 Å². The first-order valence-electron chi connectivity index (χ1n) is 10.3. The Balaban J connectivity index is 1.38. The van der Waals surface area contributed by atoms with Crippen molar-refractivity contribution in [2.75, 3.05) is 11.9 Å². The Morgan fingerprint density at radius 3 is 2.21 bits per heavy atom. The Labute approximate surface area is 189 Å². The number of carbonyl (C=O) groups excluding carboxylic acids is 2. The van der Waals surface area contributed by atoms with Gasteiger partial charge in [0, 0.05) is 5.92 Å². The van der Waals surface area contributed by atoms with E-state index in [1.54, 1.807) is 0 Å². The molecule has 0 saturated carbocycles. The molecule has 0 aromatic heterocycles. The van der Waals surface area contributed by atoms with E-state index in [2.05, 4.69) is 10.6 Å². The van der Waals surface area contributed by atoms with Crippen LogP contribution in [-0.4, -0.2) is 35.7 Å². The van der Waals surface area contributed by atoms with Crippen molar-refractivity contribution in [1.29, 1.82) is 0 Å². The number of amides is 2. The fourth-order valence-electron chi connectivity index (χ4n) is 3.93. The highest BCUT2D eigenvalue weighted by atomic mass is 19.1. The highest BCUT2D eigenvalue weighted by molar-refractivity contribution is 6.02. The van der Waals surface area contributed by atoms with Gasteiger partial charge in [-0.3, -0.25) is 4.79 Å². The van der Waals surface area contributed by atoms with Crippen LogP contribution in [0.3, 0.4) is 0 Å². The van der Waals surface area contributed by atoms with Gasteiger partial charge in [-0.15, -0.1) is 0 Å². The molecule has 3 aromatic carbocycles. The molecule has 1 atom stereocenters. The van der Waals surface area contributed by atoms with Crippen molar-refractivity contribution in [3.63, 3.8) is 0 Å². The van der Waals surface area contributed by atoms with Gasteiger partial charge in [0.25, 0.3) is 0 Å². The summed E-state index contributed by atoms with van der Waals surface area (Å²) in [6.07, 6.45) is -0.780. The average Bonchev–Trinajstić information content (AvgIpc) is 3.12. The van der Waals surface area contributed by atoms with Crippen molar-refractivity contribution < 1.29 is 28.6 Å². The smallest absolute Gasteiger partial charge is 0.407 e. The third-order valence-corrected chi connectivity index (χ3v) is 5.54. The number of benzene rings is 3. The molecule has 7 nitrogen and oxygen atoms in total. The third-order valence-electron chi connectivity index (χ3n) is 5.54. The number of ether oxygens (including phenoxy) is 1. The quantitative estimate of drug-likeness (QED) is 0.519. The van der Waals surface area contributed by atoms with Crippen LogP contribution in [-0.2, 0) is 9.53 Å². The maximum atomic E-state index is 13.3. The molecule has 0 aliphatic heterocycles. The Kier molecular flexibility index (Phi) is 6.08. The van der Waals surface area contributed by atoms with Crippen LogP contribution in [0.4, 0.5) is 14.9 Å². The van der Waals surface area contributed by atoms with Crippen molar-refractivity contribution in [3.8, 4) is 11.1 Å². The van der Waals surface area contributed by atoms with Gasteiger partial charge in [0.1, 0.15) is 18.5 Å². The number of alkyl carbamates (subject to hydrolysis) is 1. The van der Waals surface area contributed by atoms with Crippen molar-refractivity contribution in [1.82, 2.24) is 5.32 Å². The van der Waals surface area contributed by atoms with E-state index < -0.39 is 35.4 Å². The molecular formula is C25H21FN2O5. The van der Waals surface area contributed by atoms with Crippen molar-refractivity contribution >= 4 is 23.7 Å². The molecule has 3 aromatic rings. The highest BCUT2D eigenvalue weighted by Gasteiger charge is 2.29. The summed E-state index contributed by atoms with van der Waals surface area (Å²) in [7, 11) is 0. The van der Waals surface area contributed by atoms with Gasteiger partial charge < -0.3 is 20.5 Å². The predicted molar refractivity (Wildman–Crippen MR) is 120 cm³/mol. The molecule has 0 heterocycles. The molecule has 1 unspecified atom stereocenters. The Morgan fingerprint density at radius 1 is 1.00 bits per heavy atom. The number of nitrogens with one attached hydrogen (secondary N) is 2. The molecule has 0 fully saturated rings. The normalized spacial score (nSPS) is 12.9. The summed E-state index contributed by atoms with van der Waals surface area (Å²) in [6.45, 7) is 1.52. The molecule has 1 aliphatic rings. The van der Waals surface area contributed by atoms with Crippen LogP contribution in [0.25, 0.3) is 11.1 Å². The van der Waals surface area contributed by atoms with Crippen LogP contribution in [0.1, 0.15) is 34.3 Å². The predicted octanol–water partition coefficient (Wildman–Crippen LogP) is 4.39. The van der Waals surface area contributed by atoms with E-state index in [4.69, 9.17) is 4.74 Å². The lowest BCUT2D eigenvalue weighted by atomic mass is 9.98. The molecule has 168 valence electrons. The summed E-state index contributed by atoms with van der Waals surface area (Å²) in [5, 5.41) is 14.0. The lowest BCUT2D eigenvalue weighted by molar-refractivity contribution is -0.117. The molecule has 0 saturated heterocycles. The lowest BCUT2D eigenvalue weighted by Crippen LogP contribution is -2.42. The fraction of sp³-hybridized carbons (Fsp3) is 0.160. The van der Waals surface area contributed by atoms with E-state index in [0.717, 1.165) is 40.5 Å². The molecule has 0 bridgehead atoms. The number of halogens is 1. The number of anilines is 1. The Bertz CT molecular complexity index is 1200. The summed E-state index contributed by atoms with van der Waals surface area (Å²) in [6, 6.07) is 17.8. The number of fused-ring (bicyclic) bond motifs is 3. The van der Waals surface area contributed by atoms with Crippen LogP contribution in [0.15, 0.2) is 66.7 Å². The second-order valence-corrected chi connectivity index (χ2v) is 7.68. The largest absolute Gasteiger partial charge is 0.478 e. The van der Waals surface area contributed by atoms with Gasteiger partial charge in [-0.25, -0.2) is 14.0 Å². The first kappa shape index (κ1) is 22.0. The summed E-state index contributed by atoms with van der Waals surface area (Å²) in [4.78, 5) is 36.1. The molecular weight excluding hydrogens is 427 g/mol. The molecule has 1 aliphatic carbocycles. The highest BCUT2D eigenvalue weighted by Crippen LogP contribution is 2.44. The zero-order valence-corrected chi connectivity index (χ0v) is 17.7. The minimum Gasteiger partial charge on any atom is -0.478 e. The fourth-order valence-corrected chi connectivity index (χ4v) is 3.93. The number of aromatic carboxylic acids is 1. The summed E-state index contributed by atoms with van der Waals surface area (Å²) in [5.74, 6) is -2.92. The third kappa shape index (κ3) is 4.55. The van der Waals surface area contributed by atoms with Gasteiger partial charge in [-0.1, -0.05) is 48.5 Å². The number of carboxylic acids is 1. The number of hydrogen-bond donors (Lipinski definition) is 3. The molecule has 2 amide bonds. The number of carboxylic acid groups (broad SMARTS) is 1. The molecule has 0 radical (unpaired) electrons. The van der Waals surface area contributed by atoms with E-state index in [-0.39, 0.29) is 18.2 Å². The molecule has 8 heteroatoms. The maximum absolute atomic E-state index is 13.3. The van der Waals surface area contributed by atoms with Crippen LogP contribution in [0.2, 0.25) is 0 Å². The minimum absolute atomic E-state index is 0.0740. The summed E-state index contributed by atoms with van der Waals surface area (Å²) in [5.41, 5.74) is 3.86. The number of rotatable bonds is 6. The number of hydrogen-bond acceptors (Lipinski definition) is 4. The maximum Gasteiger partial charge on any atom is 0.407 e. The Hall–Kier alpha value is -4.20. The van der Waals surface area contributed by atoms with Gasteiger partial charge in [0.15, 0.2) is 0 Å². The van der Waals surface area contributed by atoms with Crippen molar-refractivity contribution in [3.05, 3.63) is 89.2 Å². The van der Waals surface area contributed by atoms with Crippen LogP contribution >= 0.6 is 0 Å². The standard InChI is InChI=1S/C25H21FN2O5/c1-14(23(29)28-22-11-10-15(26)12-20(22)24(30)31)27-25(32)33-13-21-18-8-4-2-6-16(18)17-7-3-5-9-19(17)21/h2-12,14,21H,13H2,1H3,(H,27,32)(H,28,29)(H,30,31). The van der Waals surface area contributed by atoms with Gasteiger partial charge in [-0.05, 0) is 47.4 Å². The average molecular weight is 448 g/mol. The topological polar surface area (TPSA) is 105 Å². The van der Waals surface area contributed by atoms with Crippen LogP contribution in [0.5, 0.6) is 0 Å². The second-order valence-electron chi connectivity index (χ2n) is 7.68. The van der Waals surface area contributed by atoms with Gasteiger partial charge in [0.05, 0.1) is 11.3 Å². The lowest BCUT2D eigenvalue weighted by Gasteiger charge is -2.17. The Morgan fingerprint density at radius 2 is 1.61 bits per heavy atom. The zero-order valence-electron chi connectivity index (χ0n) is 17.7. The molecule has 0 spiro atoms. The van der Waals surface area contributed by atoms with E-state index in [9.17, 15) is 23.9 Å². The van der Waals surface area contributed by atoms with Gasteiger partial charge in [0.2, 0.25) is 5.91 Å². The molecule has 4 rings (SSSR count). The summed E-state index contributed by atoms with van der Waals surface area (Å²) < 4.78 is 18.7. The minimum atomic E-state index is -1.39. The van der Waals surface area contributed by atoms with Gasteiger partial charge >= 0.3 is 12.1 Å². The first-order chi connectivity index (χ1) is 15.8. The van der Waals surface area contributed by atoms with E-state index in [1.807, 2.05) is 48.5 Å². The monoisotopic (exact) mass is 448 g/mol. The van der Waals surface area contributed by atoms with E-state index in [0.29, 0.717) is 0 Å². The SMILES string of the molecule is CC(NC(=O)OCC1c2ccccc2-c2ccccc21)C(=O)Nc1ccc(F)cc1C(=O)O. The van der Waals surface area contributed by atoms with Crippen LogP contribution < -0.4 is 10.6 Å². The summed E-state index contributed by atoms with van der Waals surface area (Å²) >= 11 is 0. The van der Waals surface area contributed by atoms with Crippen molar-refractivity contribution in [2.24, 2.45) is 0 Å². The van der Waals surface area contributed by atoms with E-state index >= 15 is 0 Å². The van der Waals surface area contributed by atoms with Gasteiger partial charge in [-0.2, -0.15) is 0 Å². The van der Waals surface area contributed by atoms with Crippen LogP contribution in [0, 0.1) is 5.82 Å². The molecule has 3 N–H and O–H groups in total. The second kappa shape index (κ2) is 9.12. The first-order valence-corrected chi connectivity index (χ1v) is 10.3.